The molecular weight excluding hydrogens is 409 g/mol. The van der Waals surface area contributed by atoms with E-state index in [-0.39, 0.29) is 11.2 Å². The van der Waals surface area contributed by atoms with Crippen molar-refractivity contribution in [2.45, 2.75) is 13.3 Å². The molecule has 6 nitrogen and oxygen atoms in total. The van der Waals surface area contributed by atoms with Gasteiger partial charge in [0.15, 0.2) is 0 Å². The number of allylic oxidation sites excluding steroid dienone is 3. The summed E-state index contributed by atoms with van der Waals surface area (Å²) in [6.07, 6.45) is 4.79. The number of halogens is 1. The Balaban J connectivity index is 1.68. The second-order valence-electron chi connectivity index (χ2n) is 8.54. The first-order valence-corrected chi connectivity index (χ1v) is 10.3. The molecule has 1 aliphatic rings. The van der Waals surface area contributed by atoms with Crippen molar-refractivity contribution in [1.82, 2.24) is 15.0 Å². The van der Waals surface area contributed by atoms with Gasteiger partial charge in [-0.3, -0.25) is 0 Å². The number of carboxylic acids is 1. The molecule has 1 atom stereocenters. The van der Waals surface area contributed by atoms with E-state index in [1.165, 1.54) is 23.3 Å². The number of aromatic carboxylic acids is 1. The van der Waals surface area contributed by atoms with Crippen molar-refractivity contribution in [3.63, 3.8) is 0 Å². The van der Waals surface area contributed by atoms with Gasteiger partial charge in [0.1, 0.15) is 5.82 Å². The SMILES string of the molecule is CN(C)CC1(C)CC(c2nc(-c3ccc(C(=O)O)c(F)c3)no2)=CC=C1c1ccccc1. The van der Waals surface area contributed by atoms with Crippen molar-refractivity contribution in [2.24, 2.45) is 5.41 Å². The first-order chi connectivity index (χ1) is 15.3. The Bertz CT molecular complexity index is 1210. The maximum Gasteiger partial charge on any atom is 0.338 e. The lowest BCUT2D eigenvalue weighted by atomic mass is 9.71. The van der Waals surface area contributed by atoms with Gasteiger partial charge in [0.2, 0.25) is 5.82 Å². The minimum absolute atomic E-state index is 0.182. The number of hydrogen-bond acceptors (Lipinski definition) is 5. The Morgan fingerprint density at radius 3 is 2.56 bits per heavy atom. The van der Waals surface area contributed by atoms with Crippen LogP contribution >= 0.6 is 0 Å². The Hall–Kier alpha value is -3.58. The van der Waals surface area contributed by atoms with E-state index in [2.05, 4.69) is 40.2 Å². The molecule has 2 aromatic carbocycles. The predicted molar refractivity (Wildman–Crippen MR) is 120 cm³/mol. The Morgan fingerprint density at radius 2 is 1.91 bits per heavy atom. The van der Waals surface area contributed by atoms with Crippen LogP contribution in [0.4, 0.5) is 4.39 Å². The third-order valence-electron chi connectivity index (χ3n) is 5.59. The van der Waals surface area contributed by atoms with Gasteiger partial charge in [0.05, 0.1) is 5.56 Å². The van der Waals surface area contributed by atoms with Crippen molar-refractivity contribution >= 4 is 17.1 Å². The molecule has 0 radical (unpaired) electrons. The largest absolute Gasteiger partial charge is 0.478 e. The highest BCUT2D eigenvalue weighted by Gasteiger charge is 2.35. The number of rotatable bonds is 6. The molecule has 0 bridgehead atoms. The first kappa shape index (κ1) is 21.6. The van der Waals surface area contributed by atoms with Gasteiger partial charge in [-0.05, 0) is 49.9 Å². The van der Waals surface area contributed by atoms with Gasteiger partial charge in [-0.25, -0.2) is 9.18 Å². The second kappa shape index (κ2) is 8.51. The quantitative estimate of drug-likeness (QED) is 0.589. The van der Waals surface area contributed by atoms with E-state index in [1.54, 1.807) is 0 Å². The Morgan fingerprint density at radius 1 is 1.16 bits per heavy atom. The summed E-state index contributed by atoms with van der Waals surface area (Å²) in [7, 11) is 4.10. The van der Waals surface area contributed by atoms with Gasteiger partial charge >= 0.3 is 5.97 Å². The summed E-state index contributed by atoms with van der Waals surface area (Å²) in [6, 6.07) is 14.1. The standard InChI is InChI=1S/C25H24FN3O3/c1-25(15-29(2)3)14-18(10-12-20(25)16-7-5-4-6-8-16)23-27-22(28-32-23)17-9-11-19(24(30)31)21(26)13-17/h4-13H,14-15H2,1-3H3,(H,30,31). The number of benzene rings is 2. The summed E-state index contributed by atoms with van der Waals surface area (Å²) in [5.41, 5.74) is 3.09. The summed E-state index contributed by atoms with van der Waals surface area (Å²) in [6.45, 7) is 3.05. The van der Waals surface area contributed by atoms with Gasteiger partial charge in [0, 0.05) is 23.1 Å². The normalized spacial score (nSPS) is 18.4. The minimum atomic E-state index is -1.32. The summed E-state index contributed by atoms with van der Waals surface area (Å²) >= 11 is 0. The van der Waals surface area contributed by atoms with E-state index >= 15 is 0 Å². The zero-order valence-corrected chi connectivity index (χ0v) is 18.2. The van der Waals surface area contributed by atoms with E-state index in [1.807, 2.05) is 38.4 Å². The third-order valence-corrected chi connectivity index (χ3v) is 5.59. The fraction of sp³-hybridized carbons (Fsp3) is 0.240. The molecule has 32 heavy (non-hydrogen) atoms. The highest BCUT2D eigenvalue weighted by molar-refractivity contribution is 5.88. The van der Waals surface area contributed by atoms with Gasteiger partial charge in [-0.15, -0.1) is 0 Å². The monoisotopic (exact) mass is 433 g/mol. The van der Waals surface area contributed by atoms with Crippen LogP contribution in [0.1, 0.15) is 35.2 Å². The van der Waals surface area contributed by atoms with Crippen LogP contribution in [-0.4, -0.2) is 46.8 Å². The number of aromatic nitrogens is 2. The van der Waals surface area contributed by atoms with E-state index in [9.17, 15) is 9.18 Å². The zero-order chi connectivity index (χ0) is 22.9. The van der Waals surface area contributed by atoms with Crippen molar-refractivity contribution in [3.05, 3.63) is 83.5 Å². The minimum Gasteiger partial charge on any atom is -0.478 e. The molecule has 1 unspecified atom stereocenters. The van der Waals surface area contributed by atoms with Crippen LogP contribution in [0, 0.1) is 11.2 Å². The fourth-order valence-corrected chi connectivity index (χ4v) is 4.31. The van der Waals surface area contributed by atoms with Gasteiger partial charge < -0.3 is 14.5 Å². The molecule has 3 aromatic rings. The topological polar surface area (TPSA) is 79.5 Å². The summed E-state index contributed by atoms with van der Waals surface area (Å²) in [5.74, 6) is -1.58. The molecule has 0 fully saturated rings. The molecular formula is C25H24FN3O3. The average Bonchev–Trinajstić information content (AvgIpc) is 3.23. The molecule has 1 aliphatic carbocycles. The van der Waals surface area contributed by atoms with E-state index in [4.69, 9.17) is 9.63 Å². The lowest BCUT2D eigenvalue weighted by molar-refractivity contribution is 0.0692. The number of hydrogen-bond donors (Lipinski definition) is 1. The highest BCUT2D eigenvalue weighted by atomic mass is 19.1. The first-order valence-electron chi connectivity index (χ1n) is 10.3. The van der Waals surface area contributed by atoms with Crippen molar-refractivity contribution in [1.29, 1.82) is 0 Å². The molecule has 0 saturated carbocycles. The van der Waals surface area contributed by atoms with Crippen LogP contribution in [-0.2, 0) is 0 Å². The van der Waals surface area contributed by atoms with Gasteiger partial charge in [0.25, 0.3) is 5.89 Å². The van der Waals surface area contributed by atoms with Crippen LogP contribution in [0.15, 0.2) is 65.2 Å². The molecule has 0 saturated heterocycles. The predicted octanol–water partition coefficient (Wildman–Crippen LogP) is 5.01. The van der Waals surface area contributed by atoms with E-state index < -0.39 is 17.3 Å². The highest BCUT2D eigenvalue weighted by Crippen LogP contribution is 2.45. The van der Waals surface area contributed by atoms with Crippen LogP contribution in [0.25, 0.3) is 22.5 Å². The molecule has 0 aliphatic heterocycles. The Kier molecular flexibility index (Phi) is 5.76. The average molecular weight is 433 g/mol. The zero-order valence-electron chi connectivity index (χ0n) is 18.2. The maximum absolute atomic E-state index is 14.1. The molecule has 1 aromatic heterocycles. The van der Waals surface area contributed by atoms with Crippen LogP contribution in [0.5, 0.6) is 0 Å². The van der Waals surface area contributed by atoms with E-state index in [0.717, 1.165) is 18.2 Å². The lowest BCUT2D eigenvalue weighted by Crippen LogP contribution is -2.33. The lowest BCUT2D eigenvalue weighted by Gasteiger charge is -2.37. The van der Waals surface area contributed by atoms with Gasteiger partial charge in [-0.1, -0.05) is 54.6 Å². The smallest absolute Gasteiger partial charge is 0.338 e. The van der Waals surface area contributed by atoms with E-state index in [0.29, 0.717) is 17.9 Å². The molecule has 7 heteroatoms. The van der Waals surface area contributed by atoms with Crippen molar-refractivity contribution in [2.75, 3.05) is 20.6 Å². The Labute approximate surface area is 185 Å². The van der Waals surface area contributed by atoms with Gasteiger partial charge in [-0.2, -0.15) is 4.98 Å². The summed E-state index contributed by atoms with van der Waals surface area (Å²) in [5, 5.41) is 13.0. The number of carbonyl (C=O) groups is 1. The molecule has 1 heterocycles. The molecule has 1 N–H and O–H groups in total. The van der Waals surface area contributed by atoms with Crippen LogP contribution < -0.4 is 0 Å². The third kappa shape index (κ3) is 4.24. The molecule has 4 rings (SSSR count). The molecule has 0 spiro atoms. The molecule has 0 amide bonds. The molecule has 164 valence electrons. The summed E-state index contributed by atoms with van der Waals surface area (Å²) < 4.78 is 19.6. The second-order valence-corrected chi connectivity index (χ2v) is 8.54. The summed E-state index contributed by atoms with van der Waals surface area (Å²) in [4.78, 5) is 17.7. The maximum atomic E-state index is 14.1. The number of carboxylic acid groups (broad SMARTS) is 1. The van der Waals surface area contributed by atoms with Crippen molar-refractivity contribution in [3.8, 4) is 11.4 Å². The van der Waals surface area contributed by atoms with Crippen molar-refractivity contribution < 1.29 is 18.8 Å². The van der Waals surface area contributed by atoms with Crippen LogP contribution in [0.3, 0.4) is 0 Å². The fourth-order valence-electron chi connectivity index (χ4n) is 4.31. The number of nitrogens with zero attached hydrogens (tertiary/aromatic N) is 3. The van der Waals surface area contributed by atoms with Crippen LogP contribution in [0.2, 0.25) is 0 Å².